The number of aromatic amines is 1. The summed E-state index contributed by atoms with van der Waals surface area (Å²) in [5, 5.41) is 9.24. The lowest BCUT2D eigenvalue weighted by atomic mass is 10.1. The maximum atomic E-state index is 13.0. The highest BCUT2D eigenvalue weighted by atomic mass is 16.3. The summed E-state index contributed by atoms with van der Waals surface area (Å²) in [7, 11) is 0. The van der Waals surface area contributed by atoms with E-state index in [9.17, 15) is 9.90 Å². The van der Waals surface area contributed by atoms with Gasteiger partial charge in [0.05, 0.1) is 18.0 Å². The van der Waals surface area contributed by atoms with E-state index in [0.717, 1.165) is 48.8 Å². The van der Waals surface area contributed by atoms with E-state index in [2.05, 4.69) is 40.2 Å². The van der Waals surface area contributed by atoms with Gasteiger partial charge in [0.25, 0.3) is 5.56 Å². The van der Waals surface area contributed by atoms with E-state index in [1.165, 1.54) is 6.07 Å². The van der Waals surface area contributed by atoms with Crippen LogP contribution in [0, 0.1) is 6.92 Å². The van der Waals surface area contributed by atoms with Crippen LogP contribution >= 0.6 is 0 Å². The van der Waals surface area contributed by atoms with Gasteiger partial charge in [0, 0.05) is 56.4 Å². The molecule has 0 radical (unpaired) electrons. The second kappa shape index (κ2) is 9.72. The number of β-amino-alcohol motifs (C(OH)–C–C–N with tert-alkyl or cyclic N) is 1. The number of aryl methyl sites for hydroxylation is 1. The smallest absolute Gasteiger partial charge is 0.258 e. The minimum Gasteiger partial charge on any atom is -0.395 e. The highest BCUT2D eigenvalue weighted by Crippen LogP contribution is 2.22. The summed E-state index contributed by atoms with van der Waals surface area (Å²) in [4.78, 5) is 29.9. The summed E-state index contributed by atoms with van der Waals surface area (Å²) in [6, 6.07) is 5.78. The molecule has 0 saturated carbocycles. The number of rotatable bonds is 7. The first-order chi connectivity index (χ1) is 15.9. The number of aliphatic hydroxyl groups excluding tert-OH is 1. The lowest BCUT2D eigenvalue weighted by Gasteiger charge is -2.40. The molecule has 0 aromatic carbocycles. The fraction of sp³-hybridized carbons (Fsp3) is 0.400. The predicted octanol–water partition coefficient (Wildman–Crippen LogP) is 2.74. The van der Waals surface area contributed by atoms with Gasteiger partial charge < -0.3 is 15.0 Å². The van der Waals surface area contributed by atoms with Crippen molar-refractivity contribution < 1.29 is 5.11 Å². The number of aliphatic hydroxyl groups is 1. The molecule has 0 bridgehead atoms. The molecule has 1 atom stereocenters. The van der Waals surface area contributed by atoms with Crippen LogP contribution in [0.5, 0.6) is 0 Å². The largest absolute Gasteiger partial charge is 0.395 e. The number of hydrogen-bond acceptors (Lipinski definition) is 6. The number of imidazole rings is 1. The molecule has 1 fully saturated rings. The summed E-state index contributed by atoms with van der Waals surface area (Å²) >= 11 is 0. The second-order valence-corrected chi connectivity index (χ2v) is 8.61. The van der Waals surface area contributed by atoms with Crippen LogP contribution in [-0.4, -0.2) is 68.2 Å². The number of hydrogen-bond donors (Lipinski definition) is 2. The molecule has 0 unspecified atom stereocenters. The Bertz CT molecular complexity index is 1240. The first kappa shape index (κ1) is 22.9. The first-order valence-electron chi connectivity index (χ1n) is 11.4. The van der Waals surface area contributed by atoms with Crippen LogP contribution < -0.4 is 10.5 Å². The quantitative estimate of drug-likeness (QED) is 0.540. The molecule has 1 aliphatic rings. The molecular formula is C25H32N6O2. The fourth-order valence-corrected chi connectivity index (χ4v) is 4.33. The Morgan fingerprint density at radius 1 is 1.36 bits per heavy atom. The number of pyridine rings is 1. The minimum absolute atomic E-state index is 0.134. The van der Waals surface area contributed by atoms with E-state index < -0.39 is 0 Å². The average Bonchev–Trinajstić information content (AvgIpc) is 3.24. The number of fused-ring (bicyclic) bond motifs is 1. The van der Waals surface area contributed by atoms with Gasteiger partial charge in [0.2, 0.25) is 0 Å². The molecule has 1 aliphatic heterocycles. The lowest BCUT2D eigenvalue weighted by molar-refractivity contribution is 0.146. The Labute approximate surface area is 193 Å². The predicted molar refractivity (Wildman–Crippen MR) is 132 cm³/mol. The summed E-state index contributed by atoms with van der Waals surface area (Å²) in [6.45, 7) is 13.8. The fourth-order valence-electron chi connectivity index (χ4n) is 4.33. The summed E-state index contributed by atoms with van der Waals surface area (Å²) < 4.78 is 1.59. The number of nitrogens with zero attached hydrogens (tertiary/aromatic N) is 5. The van der Waals surface area contributed by atoms with Gasteiger partial charge in [-0.3, -0.25) is 14.1 Å². The third kappa shape index (κ3) is 4.91. The van der Waals surface area contributed by atoms with E-state index in [1.807, 2.05) is 31.3 Å². The van der Waals surface area contributed by atoms with Gasteiger partial charge in [-0.25, -0.2) is 9.97 Å². The third-order valence-electron chi connectivity index (χ3n) is 6.23. The monoisotopic (exact) mass is 448 g/mol. The Morgan fingerprint density at radius 2 is 2.18 bits per heavy atom. The van der Waals surface area contributed by atoms with Gasteiger partial charge in [-0.05, 0) is 49.6 Å². The number of nitrogens with one attached hydrogen (secondary N) is 1. The van der Waals surface area contributed by atoms with Crippen LogP contribution in [0.3, 0.4) is 0 Å². The van der Waals surface area contributed by atoms with Crippen LogP contribution in [0.1, 0.15) is 37.5 Å². The summed E-state index contributed by atoms with van der Waals surface area (Å²) in [5.74, 6) is 0.812. The number of anilines is 1. The van der Waals surface area contributed by atoms with Crippen molar-refractivity contribution in [2.75, 3.05) is 37.7 Å². The lowest BCUT2D eigenvalue weighted by Crippen LogP contribution is -2.52. The van der Waals surface area contributed by atoms with Crippen molar-refractivity contribution in [3.8, 4) is 0 Å². The maximum Gasteiger partial charge on any atom is 0.258 e. The van der Waals surface area contributed by atoms with E-state index >= 15 is 0 Å². The van der Waals surface area contributed by atoms with Crippen molar-refractivity contribution in [3.05, 3.63) is 70.8 Å². The summed E-state index contributed by atoms with van der Waals surface area (Å²) in [5.41, 5.74) is 4.71. The van der Waals surface area contributed by atoms with Crippen molar-refractivity contribution in [1.82, 2.24) is 24.3 Å². The molecule has 0 aliphatic carbocycles. The molecule has 174 valence electrons. The number of aromatic nitrogens is 4. The van der Waals surface area contributed by atoms with Gasteiger partial charge >= 0.3 is 0 Å². The highest BCUT2D eigenvalue weighted by molar-refractivity contribution is 5.80. The Morgan fingerprint density at radius 3 is 2.85 bits per heavy atom. The van der Waals surface area contributed by atoms with Crippen molar-refractivity contribution in [2.24, 2.45) is 0 Å². The molecule has 3 aromatic heterocycles. The number of allylic oxidation sites excluding steroid dienone is 3. The van der Waals surface area contributed by atoms with Gasteiger partial charge in [-0.2, -0.15) is 0 Å². The third-order valence-corrected chi connectivity index (χ3v) is 6.23. The van der Waals surface area contributed by atoms with Gasteiger partial charge in [0.1, 0.15) is 11.5 Å². The zero-order valence-electron chi connectivity index (χ0n) is 19.6. The van der Waals surface area contributed by atoms with Crippen molar-refractivity contribution in [3.63, 3.8) is 0 Å². The standard InChI is InChI=1S/C25H32N6O2/c1-5-20(25-26-14-18(3)27-25)12-17(2)22-13-24(33)31-16-21(6-7-23(31)28-22)30-9-8-29(10-11-32)19(4)15-30/h6-7,12-14,16,19,32H,2,5,8-11,15H2,1,3-4H3,(H,26,27)/b20-12-/t19-/m1/s1. The molecule has 0 spiro atoms. The Kier molecular flexibility index (Phi) is 6.76. The van der Waals surface area contributed by atoms with E-state index in [4.69, 9.17) is 4.98 Å². The molecular weight excluding hydrogens is 416 g/mol. The topological polar surface area (TPSA) is 89.8 Å². The van der Waals surface area contributed by atoms with Crippen molar-refractivity contribution in [2.45, 2.75) is 33.2 Å². The highest BCUT2D eigenvalue weighted by Gasteiger charge is 2.23. The van der Waals surface area contributed by atoms with Gasteiger partial charge in [-0.15, -0.1) is 0 Å². The molecule has 8 nitrogen and oxygen atoms in total. The first-order valence-corrected chi connectivity index (χ1v) is 11.4. The molecule has 4 heterocycles. The van der Waals surface area contributed by atoms with E-state index in [-0.39, 0.29) is 12.2 Å². The average molecular weight is 449 g/mol. The maximum absolute atomic E-state index is 13.0. The number of piperazine rings is 1. The normalized spacial score (nSPS) is 17.6. The summed E-state index contributed by atoms with van der Waals surface area (Å²) in [6.07, 6.45) is 6.39. The van der Waals surface area contributed by atoms with Crippen LogP contribution in [-0.2, 0) is 0 Å². The molecule has 2 N–H and O–H groups in total. The molecule has 1 saturated heterocycles. The SMILES string of the molecule is C=C(/C=C(/CC)c1ncc(C)[nH]1)c1cc(=O)n2cc(N3CCN(CCO)[C@H](C)C3)ccc2n1. The van der Waals surface area contributed by atoms with E-state index in [0.29, 0.717) is 29.5 Å². The molecule has 0 amide bonds. The Hall–Kier alpha value is -3.23. The molecule has 33 heavy (non-hydrogen) atoms. The molecule has 8 heteroatoms. The Balaban J connectivity index is 1.59. The minimum atomic E-state index is -0.134. The van der Waals surface area contributed by atoms with Crippen molar-refractivity contribution in [1.29, 1.82) is 0 Å². The van der Waals surface area contributed by atoms with Crippen LogP contribution in [0.15, 0.2) is 48.0 Å². The van der Waals surface area contributed by atoms with E-state index in [1.54, 1.807) is 10.6 Å². The van der Waals surface area contributed by atoms with Crippen molar-refractivity contribution >= 4 is 22.5 Å². The van der Waals surface area contributed by atoms with Crippen LogP contribution in [0.2, 0.25) is 0 Å². The molecule has 3 aromatic rings. The van der Waals surface area contributed by atoms with Crippen LogP contribution in [0.25, 0.3) is 16.8 Å². The van der Waals surface area contributed by atoms with Crippen LogP contribution in [0.4, 0.5) is 5.69 Å². The van der Waals surface area contributed by atoms with Gasteiger partial charge in [0.15, 0.2) is 0 Å². The second-order valence-electron chi connectivity index (χ2n) is 8.61. The van der Waals surface area contributed by atoms with Gasteiger partial charge in [-0.1, -0.05) is 13.5 Å². The zero-order valence-corrected chi connectivity index (χ0v) is 19.6. The number of H-pyrrole nitrogens is 1. The zero-order chi connectivity index (χ0) is 23.5. The molecule has 4 rings (SSSR count).